The summed E-state index contributed by atoms with van der Waals surface area (Å²) >= 11 is 1.10. The molecule has 4 N–H and O–H groups in total. The molecular formula is C26H24N2O8S2. The Morgan fingerprint density at radius 3 is 1.79 bits per heavy atom. The average Bonchev–Trinajstić information content (AvgIpc) is 3.32. The Morgan fingerprint density at radius 2 is 1.29 bits per heavy atom. The van der Waals surface area contributed by atoms with Crippen LogP contribution in [0.4, 0.5) is 0 Å². The van der Waals surface area contributed by atoms with Gasteiger partial charge in [0.1, 0.15) is 28.9 Å². The summed E-state index contributed by atoms with van der Waals surface area (Å²) in [6, 6.07) is 16.8. The lowest BCUT2D eigenvalue weighted by atomic mass is 10.2. The van der Waals surface area contributed by atoms with Crippen molar-refractivity contribution < 1.29 is 37.7 Å². The van der Waals surface area contributed by atoms with Crippen molar-refractivity contribution in [1.29, 1.82) is 0 Å². The Balaban J connectivity index is 1.39. The predicted octanol–water partition coefficient (Wildman–Crippen LogP) is 2.90. The van der Waals surface area contributed by atoms with E-state index in [2.05, 4.69) is 10.6 Å². The van der Waals surface area contributed by atoms with Crippen LogP contribution in [0, 0.1) is 0 Å². The Labute approximate surface area is 223 Å². The first kappa shape index (κ1) is 26.8. The lowest BCUT2D eigenvalue weighted by Crippen LogP contribution is -2.28. The monoisotopic (exact) mass is 556 g/mol. The van der Waals surface area contributed by atoms with E-state index >= 15 is 0 Å². The van der Waals surface area contributed by atoms with Crippen molar-refractivity contribution >= 4 is 43.9 Å². The smallest absolute Gasteiger partial charge is 0.251 e. The Kier molecular flexibility index (Phi) is 8.66. The van der Waals surface area contributed by atoms with E-state index in [1.165, 1.54) is 24.3 Å². The lowest BCUT2D eigenvalue weighted by molar-refractivity contribution is 0.0936. The molecule has 3 aromatic carbocycles. The number of phenols is 2. The molecule has 4 rings (SSSR count). The maximum absolute atomic E-state index is 12.3. The highest BCUT2D eigenvalue weighted by Gasteiger charge is 2.13. The number of phenolic OH excluding ortho intramolecular Hbond substituents is 2. The molecule has 1 aromatic heterocycles. The lowest BCUT2D eigenvalue weighted by Gasteiger charge is -2.14. The summed E-state index contributed by atoms with van der Waals surface area (Å²) in [6.45, 7) is 0.503. The minimum absolute atomic E-state index is 0.0164. The summed E-state index contributed by atoms with van der Waals surface area (Å²) in [6.07, 6.45) is 0. The first-order chi connectivity index (χ1) is 18.3. The van der Waals surface area contributed by atoms with E-state index in [9.17, 15) is 28.2 Å². The van der Waals surface area contributed by atoms with Crippen LogP contribution in [-0.2, 0) is 10.7 Å². The van der Waals surface area contributed by atoms with Gasteiger partial charge in [0, 0.05) is 21.9 Å². The molecule has 0 atom stereocenters. The number of ether oxygens (including phenoxy) is 2. The van der Waals surface area contributed by atoms with Crippen molar-refractivity contribution in [2.24, 2.45) is 0 Å². The molecule has 2 amide bonds. The molecule has 0 aliphatic rings. The number of thiophene rings is 1. The zero-order valence-electron chi connectivity index (χ0n) is 19.9. The summed E-state index contributed by atoms with van der Waals surface area (Å²) in [5, 5.41) is 25.1. The number of aromatic hydroxyl groups is 2. The van der Waals surface area contributed by atoms with Crippen LogP contribution in [0.3, 0.4) is 0 Å². The van der Waals surface area contributed by atoms with E-state index in [-0.39, 0.29) is 53.8 Å². The van der Waals surface area contributed by atoms with Gasteiger partial charge >= 0.3 is 0 Å². The fourth-order valence-corrected chi connectivity index (χ4v) is 5.15. The van der Waals surface area contributed by atoms with Crippen molar-refractivity contribution in [2.45, 2.75) is 4.21 Å². The second-order valence-electron chi connectivity index (χ2n) is 7.99. The fraction of sp³-hybridized carbons (Fsp3) is 0.154. The normalized spacial score (nSPS) is 10.9. The summed E-state index contributed by atoms with van der Waals surface area (Å²) in [4.78, 5) is 24.5. The topological polar surface area (TPSA) is 151 Å². The SMILES string of the molecule is O=C(NCCOc1cc2cc([SH](=O)=O)sc2cc1OCCNC(=O)c1cccc(O)c1)c1cccc(O)c1. The number of nitrogens with one attached hydrogen (secondary N) is 2. The standard InChI is InChI=1S/C26H24N2O8S2/c29-19-5-1-3-16(11-19)25(31)27-7-9-35-21-13-18-14-24(38(33)34)37-23(18)15-22(21)36-10-8-28-26(32)17-4-2-6-20(30)12-17/h1-6,11-15,29-30,38H,7-10H2,(H,27,31)(H,28,32). The first-order valence-corrected chi connectivity index (χ1v) is 13.4. The molecule has 0 bridgehead atoms. The molecule has 0 saturated heterocycles. The van der Waals surface area contributed by atoms with Crippen molar-refractivity contribution in [3.63, 3.8) is 0 Å². The Bertz CT molecular complexity index is 1440. The molecule has 0 aliphatic carbocycles. The zero-order chi connectivity index (χ0) is 27.1. The Morgan fingerprint density at radius 1 is 0.763 bits per heavy atom. The van der Waals surface area contributed by atoms with Crippen LogP contribution in [-0.4, -0.2) is 56.7 Å². The largest absolute Gasteiger partial charge is 0.508 e. The maximum atomic E-state index is 12.3. The number of hydrogen-bond donors (Lipinski definition) is 5. The number of thiol groups is 1. The van der Waals surface area contributed by atoms with Crippen molar-refractivity contribution in [1.82, 2.24) is 10.6 Å². The highest BCUT2D eigenvalue weighted by molar-refractivity contribution is 7.75. The van der Waals surface area contributed by atoms with E-state index in [0.717, 1.165) is 11.3 Å². The van der Waals surface area contributed by atoms with Gasteiger partial charge in [-0.25, -0.2) is 8.42 Å². The van der Waals surface area contributed by atoms with Gasteiger partial charge in [-0.2, -0.15) is 0 Å². The molecular weight excluding hydrogens is 532 g/mol. The van der Waals surface area contributed by atoms with E-state index in [1.54, 1.807) is 42.5 Å². The van der Waals surface area contributed by atoms with Gasteiger partial charge in [0.15, 0.2) is 22.2 Å². The molecule has 1 heterocycles. The molecule has 12 heteroatoms. The van der Waals surface area contributed by atoms with Crippen LogP contribution in [0.2, 0.25) is 0 Å². The van der Waals surface area contributed by atoms with Gasteiger partial charge in [0.25, 0.3) is 11.8 Å². The van der Waals surface area contributed by atoms with Gasteiger partial charge in [-0.05, 0) is 53.9 Å². The minimum atomic E-state index is -2.75. The maximum Gasteiger partial charge on any atom is 0.251 e. The van der Waals surface area contributed by atoms with E-state index in [4.69, 9.17) is 9.47 Å². The summed E-state index contributed by atoms with van der Waals surface area (Å²) in [5.41, 5.74) is 0.613. The van der Waals surface area contributed by atoms with Gasteiger partial charge < -0.3 is 30.3 Å². The number of fused-ring (bicyclic) bond motifs is 1. The van der Waals surface area contributed by atoms with Crippen molar-refractivity contribution in [3.8, 4) is 23.0 Å². The number of rotatable bonds is 11. The summed E-state index contributed by atoms with van der Waals surface area (Å²) < 4.78 is 35.4. The van der Waals surface area contributed by atoms with Crippen molar-refractivity contribution in [2.75, 3.05) is 26.3 Å². The minimum Gasteiger partial charge on any atom is -0.508 e. The molecule has 0 spiro atoms. The van der Waals surface area contributed by atoms with Crippen LogP contribution in [0.1, 0.15) is 20.7 Å². The van der Waals surface area contributed by atoms with Gasteiger partial charge in [-0.15, -0.1) is 11.3 Å². The molecule has 198 valence electrons. The number of carbonyl (C=O) groups excluding carboxylic acids is 2. The van der Waals surface area contributed by atoms with Gasteiger partial charge in [0.2, 0.25) is 0 Å². The molecule has 0 saturated carbocycles. The number of hydrogen-bond acceptors (Lipinski definition) is 9. The fourth-order valence-electron chi connectivity index (χ4n) is 3.50. The van der Waals surface area contributed by atoms with Gasteiger partial charge in [-0.1, -0.05) is 12.1 Å². The van der Waals surface area contributed by atoms with E-state index < -0.39 is 10.7 Å². The molecule has 0 aliphatic heterocycles. The second-order valence-corrected chi connectivity index (χ2v) is 10.4. The van der Waals surface area contributed by atoms with E-state index in [0.29, 0.717) is 32.7 Å². The summed E-state index contributed by atoms with van der Waals surface area (Å²) in [5.74, 6) is -0.0946. The van der Waals surface area contributed by atoms with Crippen LogP contribution in [0.15, 0.2) is 70.9 Å². The van der Waals surface area contributed by atoms with Crippen molar-refractivity contribution in [3.05, 3.63) is 77.9 Å². The Hall–Kier alpha value is -4.29. The molecule has 0 radical (unpaired) electrons. The first-order valence-electron chi connectivity index (χ1n) is 11.4. The highest BCUT2D eigenvalue weighted by atomic mass is 32.2. The van der Waals surface area contributed by atoms with Crippen LogP contribution >= 0.6 is 11.3 Å². The molecule has 10 nitrogen and oxygen atoms in total. The van der Waals surface area contributed by atoms with E-state index in [1.807, 2.05) is 0 Å². The zero-order valence-corrected chi connectivity index (χ0v) is 21.6. The summed E-state index contributed by atoms with van der Waals surface area (Å²) in [7, 11) is -2.75. The van der Waals surface area contributed by atoms with Gasteiger partial charge in [-0.3, -0.25) is 9.59 Å². The number of carbonyl (C=O) groups is 2. The molecule has 4 aromatic rings. The molecule has 0 fully saturated rings. The van der Waals surface area contributed by atoms with Crippen LogP contribution < -0.4 is 20.1 Å². The predicted molar refractivity (Wildman–Crippen MR) is 142 cm³/mol. The number of amides is 2. The molecule has 38 heavy (non-hydrogen) atoms. The number of benzene rings is 3. The van der Waals surface area contributed by atoms with Crippen LogP contribution in [0.25, 0.3) is 10.1 Å². The average molecular weight is 557 g/mol. The third-order valence-corrected chi connectivity index (χ3v) is 7.37. The third kappa shape index (κ3) is 6.93. The third-order valence-electron chi connectivity index (χ3n) is 5.26. The molecule has 0 unspecified atom stereocenters. The van der Waals surface area contributed by atoms with Gasteiger partial charge in [0.05, 0.1) is 13.1 Å². The quantitative estimate of drug-likeness (QED) is 0.140. The highest BCUT2D eigenvalue weighted by Crippen LogP contribution is 2.37. The van der Waals surface area contributed by atoms with Crippen LogP contribution in [0.5, 0.6) is 23.0 Å². The second kappa shape index (κ2) is 12.3.